The number of hydrogen-bond donors (Lipinski definition) is 0. The SMILES string of the molecule is O=c1n(-c2ccccc2)c(=O)n2n1[C@H]1[C@H]3C4C5[C@]1(CCI)[C@]5(CCI)[C@H]2[C@@H]43. The third-order valence-electron chi connectivity index (χ3n) is 8.82. The fourth-order valence-electron chi connectivity index (χ4n) is 8.57. The maximum absolute atomic E-state index is 13.5. The average molecular weight is 587 g/mol. The first kappa shape index (κ1) is 16.2. The Bertz CT molecular complexity index is 1050. The van der Waals surface area contributed by atoms with Crippen LogP contribution in [0.25, 0.3) is 5.69 Å². The van der Waals surface area contributed by atoms with Crippen LogP contribution >= 0.6 is 45.2 Å². The third kappa shape index (κ3) is 1.38. The van der Waals surface area contributed by atoms with Crippen molar-refractivity contribution in [3.8, 4) is 5.69 Å². The number of para-hydroxylation sites is 1. The molecule has 0 saturated heterocycles. The van der Waals surface area contributed by atoms with Crippen molar-refractivity contribution in [2.24, 2.45) is 34.5 Å². The zero-order valence-corrected chi connectivity index (χ0v) is 18.9. The van der Waals surface area contributed by atoms with Gasteiger partial charge < -0.3 is 0 Å². The predicted molar refractivity (Wildman–Crippen MR) is 118 cm³/mol. The number of aromatic nitrogens is 3. The Morgan fingerprint density at radius 3 is 1.81 bits per heavy atom. The summed E-state index contributed by atoms with van der Waals surface area (Å²) in [6, 6.07) is 9.95. The molecule has 4 fully saturated rings. The van der Waals surface area contributed by atoms with Crippen LogP contribution in [0.3, 0.4) is 0 Å². The second kappa shape index (κ2) is 4.76. The highest BCUT2D eigenvalue weighted by molar-refractivity contribution is 14.1. The molecule has 0 N–H and O–H groups in total. The molecule has 0 spiro atoms. The molecule has 2 aliphatic heterocycles. The van der Waals surface area contributed by atoms with E-state index < -0.39 is 0 Å². The zero-order chi connectivity index (χ0) is 18.3. The number of nitrogens with zero attached hydrogens (tertiary/aromatic N) is 3. The molecule has 8 atom stereocenters. The Balaban J connectivity index is 1.52. The van der Waals surface area contributed by atoms with Crippen LogP contribution in [0, 0.1) is 34.5 Å². The van der Waals surface area contributed by atoms with Gasteiger partial charge in [0.2, 0.25) is 0 Å². The highest BCUT2D eigenvalue weighted by Gasteiger charge is 3.02. The standard InChI is InChI=1S/C20H19I2N3O2/c21-8-6-19-14-11-12-13(11)16(20(14,19)7-9-22)25-18(27)23(10-4-2-1-3-5-10)17(26)24(25)15(12)19/h1-5,11-16H,6-9H2/t11?,12-,13-,14?,15-,16+,19-,20-/m0/s1. The van der Waals surface area contributed by atoms with Gasteiger partial charge in [-0.2, -0.15) is 0 Å². The van der Waals surface area contributed by atoms with Crippen molar-refractivity contribution >= 4 is 45.2 Å². The first-order chi connectivity index (χ1) is 13.2. The Morgan fingerprint density at radius 2 is 1.33 bits per heavy atom. The normalized spacial score (nSPS) is 45.9. The molecule has 140 valence electrons. The van der Waals surface area contributed by atoms with E-state index in [0.29, 0.717) is 17.5 Å². The lowest BCUT2D eigenvalue weighted by Crippen LogP contribution is -2.53. The minimum absolute atomic E-state index is 0.117. The van der Waals surface area contributed by atoms with E-state index >= 15 is 0 Å². The van der Waals surface area contributed by atoms with Gasteiger partial charge in [0.15, 0.2) is 0 Å². The number of alkyl halides is 2. The highest BCUT2D eigenvalue weighted by Crippen LogP contribution is 3.03. The molecule has 2 unspecified atom stereocenters. The van der Waals surface area contributed by atoms with Crippen LogP contribution in [0.15, 0.2) is 39.9 Å². The van der Waals surface area contributed by atoms with Crippen LogP contribution in [-0.4, -0.2) is 22.8 Å². The van der Waals surface area contributed by atoms with Crippen molar-refractivity contribution in [1.82, 2.24) is 13.9 Å². The van der Waals surface area contributed by atoms with E-state index in [2.05, 4.69) is 45.2 Å². The molecule has 8 rings (SSSR count). The van der Waals surface area contributed by atoms with Crippen LogP contribution in [0.4, 0.5) is 0 Å². The number of benzene rings is 1. The fourth-order valence-corrected chi connectivity index (χ4v) is 10.4. The summed E-state index contributed by atoms with van der Waals surface area (Å²) in [5, 5.41) is 0. The van der Waals surface area contributed by atoms with Crippen molar-refractivity contribution in [3.05, 3.63) is 51.3 Å². The van der Waals surface area contributed by atoms with Crippen LogP contribution < -0.4 is 11.4 Å². The molecule has 4 aliphatic carbocycles. The Hall–Kier alpha value is -0.580. The lowest BCUT2D eigenvalue weighted by Gasteiger charge is -2.48. The number of halogens is 2. The molecule has 5 nitrogen and oxygen atoms in total. The monoisotopic (exact) mass is 587 g/mol. The Labute approximate surface area is 183 Å². The summed E-state index contributed by atoms with van der Waals surface area (Å²) in [6.45, 7) is 0. The lowest BCUT2D eigenvalue weighted by molar-refractivity contribution is -0.00254. The maximum atomic E-state index is 13.5. The van der Waals surface area contributed by atoms with Gasteiger partial charge in [0, 0.05) is 19.7 Å². The smallest absolute Gasteiger partial charge is 0.245 e. The minimum Gasteiger partial charge on any atom is -0.245 e. The fraction of sp³-hybridized carbons (Fsp3) is 0.600. The third-order valence-corrected chi connectivity index (χ3v) is 9.90. The van der Waals surface area contributed by atoms with E-state index in [0.717, 1.165) is 20.7 Å². The summed E-state index contributed by atoms with van der Waals surface area (Å²) in [5.74, 6) is 2.85. The molecule has 4 saturated carbocycles. The van der Waals surface area contributed by atoms with Crippen LogP contribution in [0.5, 0.6) is 0 Å². The molecule has 6 aliphatic rings. The summed E-state index contributed by atoms with van der Waals surface area (Å²) in [5.41, 5.74) is 1.03. The predicted octanol–water partition coefficient (Wildman–Crippen LogP) is 3.04. The topological polar surface area (TPSA) is 48.9 Å². The van der Waals surface area contributed by atoms with Crippen molar-refractivity contribution in [1.29, 1.82) is 0 Å². The minimum atomic E-state index is -0.117. The van der Waals surface area contributed by atoms with Crippen molar-refractivity contribution in [3.63, 3.8) is 0 Å². The summed E-state index contributed by atoms with van der Waals surface area (Å²) < 4.78 is 7.55. The number of hydrogen-bond acceptors (Lipinski definition) is 2. The van der Waals surface area contributed by atoms with E-state index in [1.165, 1.54) is 17.4 Å². The van der Waals surface area contributed by atoms with Crippen LogP contribution in [0.2, 0.25) is 0 Å². The summed E-state index contributed by atoms with van der Waals surface area (Å²) >= 11 is 5.01. The van der Waals surface area contributed by atoms with Crippen molar-refractivity contribution in [2.75, 3.05) is 8.86 Å². The van der Waals surface area contributed by atoms with Gasteiger partial charge in [-0.1, -0.05) is 63.4 Å². The lowest BCUT2D eigenvalue weighted by atomic mass is 9.69. The molecule has 1 aromatic heterocycles. The van der Waals surface area contributed by atoms with Gasteiger partial charge in [-0.3, -0.25) is 0 Å². The van der Waals surface area contributed by atoms with E-state index in [1.807, 2.05) is 39.7 Å². The van der Waals surface area contributed by atoms with E-state index in [9.17, 15) is 9.59 Å². The summed E-state index contributed by atoms with van der Waals surface area (Å²) in [7, 11) is 0. The largest absolute Gasteiger partial charge is 0.352 e. The van der Waals surface area contributed by atoms with Crippen LogP contribution in [-0.2, 0) is 0 Å². The first-order valence-electron chi connectivity index (χ1n) is 9.80. The summed E-state index contributed by atoms with van der Waals surface area (Å²) in [6.07, 6.45) is 2.40. The second-order valence-corrected chi connectivity index (χ2v) is 11.1. The molecule has 2 bridgehead atoms. The van der Waals surface area contributed by atoms with Crippen molar-refractivity contribution < 1.29 is 0 Å². The molecular formula is C20H19I2N3O2. The van der Waals surface area contributed by atoms with E-state index in [-0.39, 0.29) is 34.3 Å². The maximum Gasteiger partial charge on any atom is 0.352 e. The first-order valence-corrected chi connectivity index (χ1v) is 12.9. The van der Waals surface area contributed by atoms with Gasteiger partial charge in [0.25, 0.3) is 0 Å². The second-order valence-electron chi connectivity index (χ2n) is 8.98. The molecule has 2 aromatic rings. The van der Waals surface area contributed by atoms with Gasteiger partial charge in [-0.25, -0.2) is 23.5 Å². The van der Waals surface area contributed by atoms with Gasteiger partial charge in [-0.05, 0) is 48.6 Å². The molecule has 1 aromatic carbocycles. The zero-order valence-electron chi connectivity index (χ0n) is 14.6. The molecule has 3 heterocycles. The Kier molecular flexibility index (Phi) is 2.86. The Morgan fingerprint density at radius 1 is 0.815 bits per heavy atom. The highest BCUT2D eigenvalue weighted by atomic mass is 127. The van der Waals surface area contributed by atoms with Crippen LogP contribution in [0.1, 0.15) is 24.9 Å². The average Bonchev–Trinajstić information content (AvgIpc) is 3.40. The van der Waals surface area contributed by atoms with E-state index in [1.54, 1.807) is 0 Å². The van der Waals surface area contributed by atoms with Gasteiger partial charge in [0.1, 0.15) is 0 Å². The quantitative estimate of drug-likeness (QED) is 0.400. The number of rotatable bonds is 5. The molecular weight excluding hydrogens is 568 g/mol. The van der Waals surface area contributed by atoms with Gasteiger partial charge in [0.05, 0.1) is 17.8 Å². The van der Waals surface area contributed by atoms with Gasteiger partial charge >= 0.3 is 11.4 Å². The van der Waals surface area contributed by atoms with Crippen molar-refractivity contribution in [2.45, 2.75) is 24.9 Å². The molecule has 0 amide bonds. The molecule has 7 heteroatoms. The molecule has 0 radical (unpaired) electrons. The van der Waals surface area contributed by atoms with Gasteiger partial charge in [-0.15, -0.1) is 0 Å². The van der Waals surface area contributed by atoms with E-state index in [4.69, 9.17) is 0 Å². The molecule has 27 heavy (non-hydrogen) atoms. The summed E-state index contributed by atoms with van der Waals surface area (Å²) in [4.78, 5) is 26.9.